The van der Waals surface area contributed by atoms with Gasteiger partial charge in [-0.1, -0.05) is 12.1 Å². The van der Waals surface area contributed by atoms with Gasteiger partial charge < -0.3 is 15.1 Å². The largest absolute Gasteiger partial charge is 0.467 e. The van der Waals surface area contributed by atoms with Gasteiger partial charge in [0, 0.05) is 5.56 Å². The van der Waals surface area contributed by atoms with Gasteiger partial charge >= 0.3 is 12.2 Å². The fraction of sp³-hybridized carbons (Fsp3) is 0.294. The average molecular weight is 370 g/mol. The number of amides is 3. The molecule has 0 aliphatic heterocycles. The van der Waals surface area contributed by atoms with Gasteiger partial charge in [-0.15, -0.1) is 0 Å². The number of rotatable bonds is 6. The predicted molar refractivity (Wildman–Crippen MR) is 85.7 cm³/mol. The lowest BCUT2D eigenvalue weighted by Gasteiger charge is -2.13. The second-order valence-electron chi connectivity index (χ2n) is 5.66. The Labute approximate surface area is 147 Å². The zero-order valence-corrected chi connectivity index (χ0v) is 14.0. The summed E-state index contributed by atoms with van der Waals surface area (Å²) in [4.78, 5) is 23.4. The van der Waals surface area contributed by atoms with Gasteiger partial charge in [-0.3, -0.25) is 10.1 Å². The monoisotopic (exact) mass is 370 g/mol. The van der Waals surface area contributed by atoms with Gasteiger partial charge in [0.1, 0.15) is 11.8 Å². The highest BCUT2D eigenvalue weighted by atomic mass is 19.4. The lowest BCUT2D eigenvalue weighted by atomic mass is 10.0. The lowest BCUT2D eigenvalue weighted by Crippen LogP contribution is -2.87. The molecule has 1 heterocycles. The molecule has 3 amide bonds. The molecule has 0 spiro atoms. The second kappa shape index (κ2) is 8.52. The standard InChI is InChI=1S/C17H18F3N3O3/c1-11(12-4-2-5-13(8-12)17(18,19)20)21-10-15(24)23-16(25)22-9-14-6-3-7-26-14/h2-8,11,21H,9-10H2,1H3,(H2,22,23,24,25)/p+1/t11-/m0/s1. The number of imide groups is 1. The highest BCUT2D eigenvalue weighted by Crippen LogP contribution is 2.30. The number of furan rings is 1. The highest BCUT2D eigenvalue weighted by Gasteiger charge is 2.31. The molecule has 2 aromatic rings. The molecule has 0 aliphatic rings. The normalized spacial score (nSPS) is 12.5. The van der Waals surface area contributed by atoms with Crippen LogP contribution >= 0.6 is 0 Å². The number of nitrogens with two attached hydrogens (primary N) is 1. The Morgan fingerprint density at radius 2 is 2.00 bits per heavy atom. The Bertz CT molecular complexity index is 745. The molecule has 140 valence electrons. The van der Waals surface area contributed by atoms with E-state index in [0.717, 1.165) is 12.1 Å². The molecule has 1 aromatic carbocycles. The number of alkyl halides is 3. The Kier molecular flexibility index (Phi) is 6.40. The number of hydrogen-bond donors (Lipinski definition) is 3. The van der Waals surface area contributed by atoms with Crippen LogP contribution in [0, 0.1) is 0 Å². The van der Waals surface area contributed by atoms with Gasteiger partial charge in [-0.05, 0) is 31.2 Å². The molecule has 1 aromatic heterocycles. The molecule has 26 heavy (non-hydrogen) atoms. The van der Waals surface area contributed by atoms with E-state index < -0.39 is 23.7 Å². The summed E-state index contributed by atoms with van der Waals surface area (Å²) in [6.45, 7) is 1.71. The summed E-state index contributed by atoms with van der Waals surface area (Å²) in [5.74, 6) is -0.0156. The van der Waals surface area contributed by atoms with E-state index in [2.05, 4.69) is 10.6 Å². The van der Waals surface area contributed by atoms with Crippen LogP contribution in [-0.4, -0.2) is 18.5 Å². The van der Waals surface area contributed by atoms with Crippen molar-refractivity contribution >= 4 is 11.9 Å². The molecule has 0 unspecified atom stereocenters. The number of quaternary nitrogens is 1. The molecule has 4 N–H and O–H groups in total. The number of halogens is 3. The average Bonchev–Trinajstić information content (AvgIpc) is 3.11. The summed E-state index contributed by atoms with van der Waals surface area (Å²) in [6.07, 6.45) is -2.95. The van der Waals surface area contributed by atoms with Crippen LogP contribution in [0.4, 0.5) is 18.0 Å². The van der Waals surface area contributed by atoms with Crippen LogP contribution < -0.4 is 16.0 Å². The molecule has 1 atom stereocenters. The molecule has 0 radical (unpaired) electrons. The third kappa shape index (κ3) is 5.92. The van der Waals surface area contributed by atoms with Gasteiger partial charge in [0.15, 0.2) is 6.54 Å². The van der Waals surface area contributed by atoms with E-state index >= 15 is 0 Å². The first-order valence-electron chi connectivity index (χ1n) is 7.86. The minimum absolute atomic E-state index is 0.106. The first-order chi connectivity index (χ1) is 12.3. The number of nitrogens with one attached hydrogen (secondary N) is 2. The Morgan fingerprint density at radius 1 is 1.23 bits per heavy atom. The summed E-state index contributed by atoms with van der Waals surface area (Å²) < 4.78 is 43.3. The van der Waals surface area contributed by atoms with E-state index in [-0.39, 0.29) is 19.1 Å². The molecule has 2 rings (SSSR count). The Hall–Kier alpha value is -2.81. The van der Waals surface area contributed by atoms with Crippen molar-refractivity contribution in [3.05, 3.63) is 59.5 Å². The second-order valence-corrected chi connectivity index (χ2v) is 5.66. The van der Waals surface area contributed by atoms with Crippen LogP contribution in [0.5, 0.6) is 0 Å². The number of benzene rings is 1. The van der Waals surface area contributed by atoms with Crippen molar-refractivity contribution in [2.24, 2.45) is 0 Å². The maximum absolute atomic E-state index is 12.7. The number of hydrogen-bond acceptors (Lipinski definition) is 3. The summed E-state index contributed by atoms with van der Waals surface area (Å²) in [7, 11) is 0. The van der Waals surface area contributed by atoms with E-state index in [1.54, 1.807) is 30.4 Å². The van der Waals surface area contributed by atoms with Gasteiger partial charge in [0.05, 0.1) is 18.4 Å². The van der Waals surface area contributed by atoms with Crippen LogP contribution in [0.15, 0.2) is 47.1 Å². The molecule has 6 nitrogen and oxygen atoms in total. The molecule has 0 saturated carbocycles. The Morgan fingerprint density at radius 3 is 2.65 bits per heavy atom. The SMILES string of the molecule is C[C@H]([NH2+]CC(=O)NC(=O)NCc1ccco1)c1cccc(C(F)(F)F)c1. The van der Waals surface area contributed by atoms with E-state index in [0.29, 0.717) is 11.3 Å². The van der Waals surface area contributed by atoms with Crippen molar-refractivity contribution in [1.82, 2.24) is 10.6 Å². The van der Waals surface area contributed by atoms with E-state index in [1.807, 2.05) is 0 Å². The van der Waals surface area contributed by atoms with E-state index in [4.69, 9.17) is 4.42 Å². The lowest BCUT2D eigenvalue weighted by molar-refractivity contribution is -0.682. The third-order valence-corrected chi connectivity index (χ3v) is 3.65. The van der Waals surface area contributed by atoms with Crippen LogP contribution in [0.1, 0.15) is 29.9 Å². The van der Waals surface area contributed by atoms with Crippen molar-refractivity contribution in [2.75, 3.05) is 6.54 Å². The van der Waals surface area contributed by atoms with Crippen molar-refractivity contribution in [3.63, 3.8) is 0 Å². The molecule has 0 aliphatic carbocycles. The van der Waals surface area contributed by atoms with Crippen molar-refractivity contribution in [2.45, 2.75) is 25.7 Å². The molecule has 0 saturated heterocycles. The molecule has 9 heteroatoms. The summed E-state index contributed by atoms with van der Waals surface area (Å²) in [5, 5.41) is 6.15. The number of carbonyl (C=O) groups is 2. The topological polar surface area (TPSA) is 88.0 Å². The minimum Gasteiger partial charge on any atom is -0.467 e. The number of carbonyl (C=O) groups excluding carboxylic acids is 2. The molecular weight excluding hydrogens is 351 g/mol. The van der Waals surface area contributed by atoms with Gasteiger partial charge in [-0.25, -0.2) is 4.79 Å². The Balaban J connectivity index is 1.78. The molecule has 0 bridgehead atoms. The van der Waals surface area contributed by atoms with Crippen LogP contribution in [0.3, 0.4) is 0 Å². The number of urea groups is 1. The summed E-state index contributed by atoms with van der Waals surface area (Å²) in [5.41, 5.74) is -0.299. The fourth-order valence-electron chi connectivity index (χ4n) is 2.22. The summed E-state index contributed by atoms with van der Waals surface area (Å²) in [6, 6.07) is 7.22. The predicted octanol–water partition coefficient (Wildman–Crippen LogP) is 1.95. The quantitative estimate of drug-likeness (QED) is 0.726. The van der Waals surface area contributed by atoms with Crippen LogP contribution in [0.25, 0.3) is 0 Å². The molecule has 0 fully saturated rings. The maximum Gasteiger partial charge on any atom is 0.416 e. The molecular formula is C17H19F3N3O3+. The van der Waals surface area contributed by atoms with Gasteiger partial charge in [0.2, 0.25) is 0 Å². The summed E-state index contributed by atoms with van der Waals surface area (Å²) >= 11 is 0. The first kappa shape index (κ1) is 19.5. The minimum atomic E-state index is -4.42. The van der Waals surface area contributed by atoms with Crippen molar-refractivity contribution in [1.29, 1.82) is 0 Å². The van der Waals surface area contributed by atoms with Crippen molar-refractivity contribution < 1.29 is 32.5 Å². The van der Waals surface area contributed by atoms with Crippen molar-refractivity contribution in [3.8, 4) is 0 Å². The zero-order valence-electron chi connectivity index (χ0n) is 14.0. The zero-order chi connectivity index (χ0) is 19.2. The van der Waals surface area contributed by atoms with Crippen LogP contribution in [-0.2, 0) is 17.5 Å². The maximum atomic E-state index is 12.7. The first-order valence-corrected chi connectivity index (χ1v) is 7.86. The smallest absolute Gasteiger partial charge is 0.416 e. The third-order valence-electron chi connectivity index (χ3n) is 3.65. The van der Waals surface area contributed by atoms with Gasteiger partial charge in [0.25, 0.3) is 5.91 Å². The van der Waals surface area contributed by atoms with E-state index in [1.165, 1.54) is 12.3 Å². The fourth-order valence-corrected chi connectivity index (χ4v) is 2.22. The van der Waals surface area contributed by atoms with Gasteiger partial charge in [-0.2, -0.15) is 13.2 Å². The van der Waals surface area contributed by atoms with Crippen LogP contribution in [0.2, 0.25) is 0 Å². The highest BCUT2D eigenvalue weighted by molar-refractivity contribution is 5.94. The van der Waals surface area contributed by atoms with E-state index in [9.17, 15) is 22.8 Å².